The van der Waals surface area contributed by atoms with Gasteiger partial charge in [-0.05, 0) is 43.7 Å². The van der Waals surface area contributed by atoms with Crippen LogP contribution in [0.15, 0.2) is 36.4 Å². The van der Waals surface area contributed by atoms with Crippen molar-refractivity contribution in [3.05, 3.63) is 42.0 Å². The van der Waals surface area contributed by atoms with E-state index in [4.69, 9.17) is 4.74 Å². The molecule has 3 amide bonds. The van der Waals surface area contributed by atoms with E-state index in [1.165, 1.54) is 70.6 Å². The van der Waals surface area contributed by atoms with Crippen LogP contribution in [0.5, 0.6) is 11.5 Å². The molecule has 3 rings (SSSR count). The van der Waals surface area contributed by atoms with Gasteiger partial charge in [-0.1, -0.05) is 70.8 Å². The summed E-state index contributed by atoms with van der Waals surface area (Å²) in [5, 5.41) is 11.5. The van der Waals surface area contributed by atoms with Crippen LogP contribution in [-0.4, -0.2) is 64.0 Å². The zero-order chi connectivity index (χ0) is 33.3. The third-order valence-corrected chi connectivity index (χ3v) is 7.94. The Bertz CT molecular complexity index is 1310. The molecule has 0 aromatic heterocycles. The van der Waals surface area contributed by atoms with Crippen LogP contribution >= 0.6 is 0 Å². The van der Waals surface area contributed by atoms with E-state index in [9.17, 15) is 19.2 Å². The monoisotopic (exact) mass is 637 g/mol. The lowest BCUT2D eigenvalue weighted by atomic mass is 10.1. The highest BCUT2D eigenvalue weighted by molar-refractivity contribution is 6.11. The number of nitrogens with one attached hydrogen (secondary N) is 4. The van der Waals surface area contributed by atoms with Crippen LogP contribution in [-0.2, 0) is 19.1 Å². The Morgan fingerprint density at radius 2 is 1.63 bits per heavy atom. The number of benzene rings is 2. The summed E-state index contributed by atoms with van der Waals surface area (Å²) in [6, 6.07) is 9.50. The van der Waals surface area contributed by atoms with E-state index >= 15 is 0 Å². The van der Waals surface area contributed by atoms with E-state index in [-0.39, 0.29) is 42.3 Å². The van der Waals surface area contributed by atoms with Crippen molar-refractivity contribution in [2.24, 2.45) is 0 Å². The van der Waals surface area contributed by atoms with Gasteiger partial charge in [-0.25, -0.2) is 0 Å². The van der Waals surface area contributed by atoms with Gasteiger partial charge in [0.05, 0.1) is 30.6 Å². The highest BCUT2D eigenvalue weighted by Gasteiger charge is 2.30. The Labute approximate surface area is 273 Å². The molecule has 0 saturated carbocycles. The summed E-state index contributed by atoms with van der Waals surface area (Å²) in [5.41, 5.74) is 1.61. The maximum Gasteiger partial charge on any atom is 0.305 e. The van der Waals surface area contributed by atoms with Crippen molar-refractivity contribution >= 4 is 40.8 Å². The lowest BCUT2D eigenvalue weighted by molar-refractivity contribution is -0.140. The fraction of sp³-hybridized carbons (Fsp3) is 0.543. The third-order valence-electron chi connectivity index (χ3n) is 7.94. The molecule has 252 valence electrons. The zero-order valence-corrected chi connectivity index (χ0v) is 27.8. The molecule has 2 aromatic carbocycles. The number of unbranched alkanes of at least 4 members (excludes halogenated alkanes) is 9. The molecule has 0 saturated heterocycles. The van der Waals surface area contributed by atoms with Gasteiger partial charge in [0.2, 0.25) is 11.8 Å². The van der Waals surface area contributed by atoms with Crippen molar-refractivity contribution in [2.75, 3.05) is 49.8 Å². The van der Waals surface area contributed by atoms with Crippen LogP contribution in [0.3, 0.4) is 0 Å². The molecule has 46 heavy (non-hydrogen) atoms. The van der Waals surface area contributed by atoms with Crippen molar-refractivity contribution in [1.29, 1.82) is 0 Å². The molecule has 0 fully saturated rings. The van der Waals surface area contributed by atoms with Crippen molar-refractivity contribution < 1.29 is 28.7 Å². The zero-order valence-electron chi connectivity index (χ0n) is 27.8. The molecule has 0 aliphatic carbocycles. The van der Waals surface area contributed by atoms with Crippen molar-refractivity contribution in [2.45, 2.75) is 90.0 Å². The second-order valence-corrected chi connectivity index (χ2v) is 11.9. The number of carbonyl (C=O) groups excluding carboxylic acids is 4. The van der Waals surface area contributed by atoms with Gasteiger partial charge in [-0.3, -0.25) is 19.2 Å². The molecule has 11 nitrogen and oxygen atoms in total. The number of anilines is 3. The van der Waals surface area contributed by atoms with Gasteiger partial charge in [-0.15, -0.1) is 0 Å². The summed E-state index contributed by atoms with van der Waals surface area (Å²) in [4.78, 5) is 52.8. The highest BCUT2D eigenvalue weighted by atomic mass is 16.5. The van der Waals surface area contributed by atoms with E-state index in [1.807, 2.05) is 37.2 Å². The molecule has 11 heteroatoms. The maximum absolute atomic E-state index is 13.2. The Kier molecular flexibility index (Phi) is 15.3. The topological polar surface area (TPSA) is 138 Å². The second kappa shape index (κ2) is 19.4. The number of methoxy groups -OCH3 is 1. The molecule has 1 aliphatic rings. The van der Waals surface area contributed by atoms with Gasteiger partial charge >= 0.3 is 5.97 Å². The number of fused-ring (bicyclic) bond motifs is 1. The first kappa shape index (κ1) is 36.3. The van der Waals surface area contributed by atoms with Crippen molar-refractivity contribution in [3.8, 4) is 11.5 Å². The van der Waals surface area contributed by atoms with Crippen LogP contribution in [0, 0.1) is 0 Å². The van der Waals surface area contributed by atoms with E-state index < -0.39 is 23.8 Å². The lowest BCUT2D eigenvalue weighted by Crippen LogP contribution is -2.41. The van der Waals surface area contributed by atoms with Crippen molar-refractivity contribution in [3.63, 3.8) is 0 Å². The first-order valence-corrected chi connectivity index (χ1v) is 16.5. The predicted octanol–water partition coefficient (Wildman–Crippen LogP) is 6.00. The summed E-state index contributed by atoms with van der Waals surface area (Å²) in [5.74, 6) is -0.986. The Morgan fingerprint density at radius 1 is 0.935 bits per heavy atom. The molecule has 0 radical (unpaired) electrons. The minimum absolute atomic E-state index is 0.0325. The second-order valence-electron chi connectivity index (χ2n) is 11.9. The Balaban J connectivity index is 1.65. The van der Waals surface area contributed by atoms with Gasteiger partial charge < -0.3 is 35.6 Å². The summed E-state index contributed by atoms with van der Waals surface area (Å²) in [6.07, 6.45) is 12.5. The first-order valence-electron chi connectivity index (χ1n) is 16.5. The number of carbonyl (C=O) groups is 4. The normalized spacial score (nSPS) is 14.0. The fourth-order valence-electron chi connectivity index (χ4n) is 5.23. The average molecular weight is 638 g/mol. The maximum atomic E-state index is 13.2. The van der Waals surface area contributed by atoms with Crippen LogP contribution in [0.1, 0.15) is 94.3 Å². The third kappa shape index (κ3) is 12.0. The fourth-order valence-corrected chi connectivity index (χ4v) is 5.23. The molecule has 0 bridgehead atoms. The molecule has 2 aromatic rings. The summed E-state index contributed by atoms with van der Waals surface area (Å²) < 4.78 is 10.9. The number of rotatable bonds is 20. The molecule has 1 heterocycles. The van der Waals surface area contributed by atoms with Gasteiger partial charge in [-0.2, -0.15) is 0 Å². The van der Waals surface area contributed by atoms with Crippen LogP contribution in [0.4, 0.5) is 17.1 Å². The molecule has 1 aliphatic heterocycles. The molecular weight excluding hydrogens is 586 g/mol. The van der Waals surface area contributed by atoms with Crippen molar-refractivity contribution in [1.82, 2.24) is 10.6 Å². The first-order chi connectivity index (χ1) is 22.2. The predicted molar refractivity (Wildman–Crippen MR) is 182 cm³/mol. The van der Waals surface area contributed by atoms with Crippen LogP contribution < -0.4 is 30.9 Å². The number of esters is 1. The molecule has 4 N–H and O–H groups in total. The number of amides is 3. The number of hydrogen-bond donors (Lipinski definition) is 4. The van der Waals surface area contributed by atoms with Gasteiger partial charge in [0, 0.05) is 32.3 Å². The molecule has 0 unspecified atom stereocenters. The quantitative estimate of drug-likeness (QED) is 0.103. The lowest BCUT2D eigenvalue weighted by Gasteiger charge is -2.18. The molecule has 0 spiro atoms. The summed E-state index contributed by atoms with van der Waals surface area (Å²) in [6.45, 7) is 3.07. The van der Waals surface area contributed by atoms with Gasteiger partial charge in [0.1, 0.15) is 11.8 Å². The van der Waals surface area contributed by atoms with Gasteiger partial charge in [0.25, 0.3) is 5.91 Å². The summed E-state index contributed by atoms with van der Waals surface area (Å²) in [7, 11) is 5.10. The number of ether oxygens (including phenoxy) is 2. The largest absolute Gasteiger partial charge is 0.469 e. The standard InChI is InChI=1S/C35H51N5O6/c1-5-6-7-8-9-10-11-12-13-14-20-36-24-32(41)37-30-23-29-27(22-31(30)46-26-17-15-16-25(21-26)40(2)3)34(43)38-28(35(44)39-29)18-19-33(42)45-4/h15-17,21-23,28,36H,5-14,18-20,24H2,1-4H3,(H,37,41)(H,38,43)(H,39,44)/t28-/m1/s1. The van der Waals surface area contributed by atoms with Crippen LogP contribution in [0.2, 0.25) is 0 Å². The van der Waals surface area contributed by atoms with E-state index in [1.54, 1.807) is 6.07 Å². The Hall–Kier alpha value is -4.12. The number of hydrogen-bond acceptors (Lipinski definition) is 8. The van der Waals surface area contributed by atoms with Gasteiger partial charge in [0.15, 0.2) is 5.75 Å². The minimum atomic E-state index is -0.937. The molecule has 1 atom stereocenters. The average Bonchev–Trinajstić information content (AvgIpc) is 3.15. The smallest absolute Gasteiger partial charge is 0.305 e. The van der Waals surface area contributed by atoms with E-state index in [2.05, 4.69) is 32.9 Å². The van der Waals surface area contributed by atoms with E-state index in [0.29, 0.717) is 11.4 Å². The minimum Gasteiger partial charge on any atom is -0.469 e. The number of nitrogens with zero attached hydrogens (tertiary/aromatic N) is 1. The highest BCUT2D eigenvalue weighted by Crippen LogP contribution is 2.37. The summed E-state index contributed by atoms with van der Waals surface area (Å²) >= 11 is 0. The van der Waals surface area contributed by atoms with Crippen LogP contribution in [0.25, 0.3) is 0 Å². The molecular formula is C35H51N5O6. The SMILES string of the molecule is CCCCCCCCCCCCNCC(=O)Nc1cc2c(cc1Oc1cccc(N(C)C)c1)C(=O)N[C@H](CCC(=O)OC)C(=O)N2. The van der Waals surface area contributed by atoms with E-state index in [0.717, 1.165) is 25.1 Å². The Morgan fingerprint density at radius 3 is 2.30 bits per heavy atom.